The first kappa shape index (κ1) is 16.9. The minimum atomic E-state index is -1.63. The Labute approximate surface area is 126 Å². The molecule has 0 aliphatic carbocycles. The highest BCUT2D eigenvalue weighted by Gasteiger charge is 2.36. The maximum Gasteiger partial charge on any atom is 0.192 e. The Hall–Kier alpha value is -0.163. The molecule has 0 aliphatic rings. The van der Waals surface area contributed by atoms with Crippen LogP contribution in [0, 0.1) is 0 Å². The van der Waals surface area contributed by atoms with Gasteiger partial charge in [-0.2, -0.15) is 0 Å². The minimum absolute atomic E-state index is 0.261. The second-order valence-electron chi connectivity index (χ2n) is 6.29. The lowest BCUT2D eigenvalue weighted by Gasteiger charge is -2.36. The molecule has 2 nitrogen and oxygen atoms in total. The van der Waals surface area contributed by atoms with Crippen molar-refractivity contribution in [3.63, 3.8) is 0 Å². The Morgan fingerprint density at radius 1 is 1.16 bits per heavy atom. The summed E-state index contributed by atoms with van der Waals surface area (Å²) in [6.07, 6.45) is 0. The smallest absolute Gasteiger partial charge is 0.192 e. The van der Waals surface area contributed by atoms with Gasteiger partial charge in [0.05, 0.1) is 19.8 Å². The van der Waals surface area contributed by atoms with Crippen molar-refractivity contribution in [2.45, 2.75) is 45.5 Å². The lowest BCUT2D eigenvalue weighted by molar-refractivity contribution is 0.0845. The van der Waals surface area contributed by atoms with Gasteiger partial charge in [-0.1, -0.05) is 48.8 Å². The first-order chi connectivity index (χ1) is 8.72. The van der Waals surface area contributed by atoms with Crippen molar-refractivity contribution in [3.8, 4) is 0 Å². The summed E-state index contributed by atoms with van der Waals surface area (Å²) in [7, 11) is -1.63. The Balaban J connectivity index is 2.25. The molecule has 4 heteroatoms. The van der Waals surface area contributed by atoms with E-state index < -0.39 is 8.32 Å². The minimum Gasteiger partial charge on any atom is -0.414 e. The second-order valence-corrected chi connectivity index (χ2v) is 12.0. The molecule has 0 N–H and O–H groups in total. The molecule has 1 aromatic carbocycles. The molecule has 0 unspecified atom stereocenters. The number of hydrogen-bond donors (Lipinski definition) is 0. The SMILES string of the molecule is CC(C)(C)[Si](C)(C)OCCOCc1cccc(Br)c1. The number of rotatable bonds is 6. The van der Waals surface area contributed by atoms with Crippen LogP contribution >= 0.6 is 15.9 Å². The maximum atomic E-state index is 6.06. The van der Waals surface area contributed by atoms with Crippen molar-refractivity contribution in [2.24, 2.45) is 0 Å². The molecule has 0 spiro atoms. The molecule has 0 fully saturated rings. The van der Waals surface area contributed by atoms with E-state index >= 15 is 0 Å². The highest BCUT2D eigenvalue weighted by Crippen LogP contribution is 2.36. The molecule has 1 aromatic rings. The van der Waals surface area contributed by atoms with E-state index in [0.717, 1.165) is 4.47 Å². The van der Waals surface area contributed by atoms with Crippen molar-refractivity contribution in [3.05, 3.63) is 34.3 Å². The molecule has 0 saturated carbocycles. The zero-order valence-corrected chi connectivity index (χ0v) is 15.2. The molecular formula is C15H25BrO2Si. The Morgan fingerprint density at radius 2 is 1.84 bits per heavy atom. The summed E-state index contributed by atoms with van der Waals surface area (Å²) in [4.78, 5) is 0. The first-order valence-electron chi connectivity index (χ1n) is 6.68. The molecule has 0 radical (unpaired) electrons. The van der Waals surface area contributed by atoms with Crippen LogP contribution < -0.4 is 0 Å². The number of ether oxygens (including phenoxy) is 1. The molecule has 0 aliphatic heterocycles. The Morgan fingerprint density at radius 3 is 2.42 bits per heavy atom. The predicted octanol–water partition coefficient (Wildman–Crippen LogP) is 4.99. The fourth-order valence-electron chi connectivity index (χ4n) is 1.39. The van der Waals surface area contributed by atoms with E-state index in [1.807, 2.05) is 12.1 Å². The fraction of sp³-hybridized carbons (Fsp3) is 0.600. The standard InChI is InChI=1S/C15H25BrO2Si/c1-15(2,3)19(4,5)18-10-9-17-12-13-7-6-8-14(16)11-13/h6-8,11H,9-10,12H2,1-5H3. The highest BCUT2D eigenvalue weighted by atomic mass is 79.9. The van der Waals surface area contributed by atoms with Gasteiger partial charge >= 0.3 is 0 Å². The summed E-state index contributed by atoms with van der Waals surface area (Å²) in [5.41, 5.74) is 1.18. The Kier molecular flexibility index (Phi) is 6.24. The average molecular weight is 345 g/mol. The monoisotopic (exact) mass is 344 g/mol. The van der Waals surface area contributed by atoms with Gasteiger partial charge in [0.15, 0.2) is 8.32 Å². The average Bonchev–Trinajstić information content (AvgIpc) is 2.27. The summed E-state index contributed by atoms with van der Waals surface area (Å²) in [5, 5.41) is 0.261. The van der Waals surface area contributed by atoms with E-state index in [4.69, 9.17) is 9.16 Å². The third-order valence-corrected chi connectivity index (χ3v) is 8.69. The Bertz CT molecular complexity index is 399. The van der Waals surface area contributed by atoms with Gasteiger partial charge in [-0.3, -0.25) is 0 Å². The van der Waals surface area contributed by atoms with E-state index in [1.165, 1.54) is 5.56 Å². The number of benzene rings is 1. The van der Waals surface area contributed by atoms with Crippen molar-refractivity contribution < 1.29 is 9.16 Å². The van der Waals surface area contributed by atoms with E-state index in [0.29, 0.717) is 19.8 Å². The zero-order valence-electron chi connectivity index (χ0n) is 12.6. The van der Waals surface area contributed by atoms with E-state index in [-0.39, 0.29) is 5.04 Å². The van der Waals surface area contributed by atoms with Gasteiger partial charge in [0.2, 0.25) is 0 Å². The lowest BCUT2D eigenvalue weighted by Crippen LogP contribution is -2.41. The summed E-state index contributed by atoms with van der Waals surface area (Å²) in [6.45, 7) is 13.3. The van der Waals surface area contributed by atoms with Crippen LogP contribution in [-0.2, 0) is 15.8 Å². The molecule has 0 aromatic heterocycles. The lowest BCUT2D eigenvalue weighted by atomic mass is 10.2. The molecule has 1 rings (SSSR count). The highest BCUT2D eigenvalue weighted by molar-refractivity contribution is 9.10. The van der Waals surface area contributed by atoms with Gasteiger partial charge in [0, 0.05) is 4.47 Å². The van der Waals surface area contributed by atoms with Crippen molar-refractivity contribution in [2.75, 3.05) is 13.2 Å². The number of hydrogen-bond acceptors (Lipinski definition) is 2. The van der Waals surface area contributed by atoms with Gasteiger partial charge in [0.25, 0.3) is 0 Å². The molecule has 0 heterocycles. The molecule has 0 bridgehead atoms. The maximum absolute atomic E-state index is 6.06. The van der Waals surface area contributed by atoms with Crippen LogP contribution in [-0.4, -0.2) is 21.5 Å². The normalized spacial score (nSPS) is 12.7. The van der Waals surface area contributed by atoms with E-state index in [1.54, 1.807) is 0 Å². The van der Waals surface area contributed by atoms with Crippen molar-refractivity contribution in [1.82, 2.24) is 0 Å². The van der Waals surface area contributed by atoms with E-state index in [9.17, 15) is 0 Å². The van der Waals surface area contributed by atoms with Crippen LogP contribution in [0.1, 0.15) is 26.3 Å². The molecule has 19 heavy (non-hydrogen) atoms. The van der Waals surface area contributed by atoms with Gasteiger partial charge in [-0.05, 0) is 35.8 Å². The molecule has 0 saturated heterocycles. The third kappa shape index (κ3) is 5.77. The quantitative estimate of drug-likeness (QED) is 0.534. The van der Waals surface area contributed by atoms with Crippen LogP contribution in [0.2, 0.25) is 18.1 Å². The van der Waals surface area contributed by atoms with Crippen molar-refractivity contribution in [1.29, 1.82) is 0 Å². The van der Waals surface area contributed by atoms with Gasteiger partial charge in [-0.25, -0.2) is 0 Å². The zero-order chi connectivity index (χ0) is 14.5. The number of halogens is 1. The first-order valence-corrected chi connectivity index (χ1v) is 10.4. The summed E-state index contributed by atoms with van der Waals surface area (Å²) in [5.74, 6) is 0. The van der Waals surface area contributed by atoms with Gasteiger partial charge < -0.3 is 9.16 Å². The van der Waals surface area contributed by atoms with Gasteiger partial charge in [0.1, 0.15) is 0 Å². The summed E-state index contributed by atoms with van der Waals surface area (Å²) >= 11 is 3.46. The molecular weight excluding hydrogens is 320 g/mol. The van der Waals surface area contributed by atoms with Crippen LogP contribution in [0.15, 0.2) is 28.7 Å². The second kappa shape index (κ2) is 7.02. The molecule has 108 valence electrons. The topological polar surface area (TPSA) is 18.5 Å². The van der Waals surface area contributed by atoms with Crippen LogP contribution in [0.4, 0.5) is 0 Å². The van der Waals surface area contributed by atoms with Crippen LogP contribution in [0.5, 0.6) is 0 Å². The summed E-state index contributed by atoms with van der Waals surface area (Å²) < 4.78 is 12.8. The fourth-order valence-corrected chi connectivity index (χ4v) is 2.86. The summed E-state index contributed by atoms with van der Waals surface area (Å²) in [6, 6.07) is 8.19. The van der Waals surface area contributed by atoms with Crippen LogP contribution in [0.3, 0.4) is 0 Å². The molecule has 0 amide bonds. The van der Waals surface area contributed by atoms with E-state index in [2.05, 4.69) is 61.9 Å². The predicted molar refractivity (Wildman–Crippen MR) is 86.9 cm³/mol. The third-order valence-electron chi connectivity index (χ3n) is 3.65. The van der Waals surface area contributed by atoms with Crippen molar-refractivity contribution >= 4 is 24.2 Å². The van der Waals surface area contributed by atoms with Gasteiger partial charge in [-0.15, -0.1) is 0 Å². The largest absolute Gasteiger partial charge is 0.414 e. The molecule has 0 atom stereocenters. The van der Waals surface area contributed by atoms with Crippen LogP contribution in [0.25, 0.3) is 0 Å².